The molecule has 0 radical (unpaired) electrons. The lowest BCUT2D eigenvalue weighted by Crippen LogP contribution is -2.32. The summed E-state index contributed by atoms with van der Waals surface area (Å²) in [6, 6.07) is 0. The molecule has 0 saturated carbocycles. The minimum Gasteiger partial charge on any atom is -0.477 e. The van der Waals surface area contributed by atoms with Gasteiger partial charge in [-0.2, -0.15) is 0 Å². The summed E-state index contributed by atoms with van der Waals surface area (Å²) < 4.78 is 0. The van der Waals surface area contributed by atoms with E-state index in [0.717, 1.165) is 0 Å². The van der Waals surface area contributed by atoms with Crippen molar-refractivity contribution in [3.8, 4) is 0 Å². The Kier molecular flexibility index (Phi) is 6.61. The number of hydrogen-bond acceptors (Lipinski definition) is 1. The largest absolute Gasteiger partial charge is 0.477 e. The first kappa shape index (κ1) is 18.5. The molecule has 0 amide bonds. The molecule has 0 aliphatic heterocycles. The summed E-state index contributed by atoms with van der Waals surface area (Å²) in [5.41, 5.74) is 0. The number of allylic oxidation sites excluding steroid dienone is 7. The zero-order valence-corrected chi connectivity index (χ0v) is 14.6. The summed E-state index contributed by atoms with van der Waals surface area (Å²) in [4.78, 5) is 9.32. The molecule has 1 rings (SSSR count). The molecule has 0 spiro atoms. The summed E-state index contributed by atoms with van der Waals surface area (Å²) >= 11 is 41.4. The Morgan fingerprint density at radius 1 is 1.15 bits per heavy atom. The van der Waals surface area contributed by atoms with Gasteiger partial charge in [0.2, 0.25) is 0 Å². The lowest BCUT2D eigenvalue weighted by molar-refractivity contribution is -0.131. The maximum atomic E-state index is 10.7. The zero-order chi connectivity index (χ0) is 15.7. The van der Waals surface area contributed by atoms with Crippen molar-refractivity contribution < 1.29 is 9.90 Å². The number of alkyl halides is 2. The van der Waals surface area contributed by atoms with E-state index in [1.807, 2.05) is 0 Å². The van der Waals surface area contributed by atoms with E-state index >= 15 is 0 Å². The van der Waals surface area contributed by atoms with Gasteiger partial charge in [0.15, 0.2) is 0 Å². The minimum absolute atomic E-state index is 0.165. The van der Waals surface area contributed by atoms with Gasteiger partial charge in [0.05, 0.1) is 20.5 Å². The summed E-state index contributed by atoms with van der Waals surface area (Å²) in [6.45, 7) is 0. The van der Waals surface area contributed by atoms with Crippen molar-refractivity contribution >= 4 is 87.2 Å². The smallest absolute Gasteiger partial charge is 0.348 e. The lowest BCUT2D eigenvalue weighted by Gasteiger charge is -2.29. The summed E-state index contributed by atoms with van der Waals surface area (Å²) in [5.74, 6) is -1.45. The molecule has 1 aliphatic carbocycles. The number of carboxylic acids is 1. The molecule has 0 bridgehead atoms. The number of aliphatic carboxylic acids is 1. The van der Waals surface area contributed by atoms with Crippen molar-refractivity contribution in [3.63, 3.8) is 0 Å². The molecule has 20 heavy (non-hydrogen) atoms. The normalized spacial score (nSPS) is 28.6. The number of halogens is 7. The molecule has 110 valence electrons. The fourth-order valence-corrected chi connectivity index (χ4v) is 3.05. The van der Waals surface area contributed by atoms with E-state index in [9.17, 15) is 4.79 Å². The van der Waals surface area contributed by atoms with Gasteiger partial charge >= 0.3 is 5.97 Å². The Balaban J connectivity index is 3.32. The summed E-state index contributed by atoms with van der Waals surface area (Å²) in [7, 11) is 0. The van der Waals surface area contributed by atoms with E-state index in [1.165, 1.54) is 18.2 Å². The first-order chi connectivity index (χ1) is 9.11. The number of rotatable bonds is 3. The maximum absolute atomic E-state index is 10.7. The average molecular weight is 417 g/mol. The molecule has 0 aromatic carbocycles. The monoisotopic (exact) mass is 414 g/mol. The third-order valence-corrected chi connectivity index (χ3v) is 5.67. The number of hydrogen-bond donors (Lipinski definition) is 1. The molecule has 9 heteroatoms. The zero-order valence-electron chi connectivity index (χ0n) is 9.31. The standard InChI is InChI=1S/C11H5Cl7O2/c12-4-1-2-11(18,5(13)3-4)9(17)7(15)6(14)8(16)10(19)20/h1-3,5H,(H,19,20). The molecule has 1 N–H and O–H groups in total. The Hall–Kier alpha value is 0.460. The Morgan fingerprint density at radius 2 is 1.70 bits per heavy atom. The molecular formula is C11H5Cl7O2. The van der Waals surface area contributed by atoms with Crippen molar-refractivity contribution in [3.05, 3.63) is 43.4 Å². The predicted octanol–water partition coefficient (Wildman–Crippen LogP) is 5.73. The van der Waals surface area contributed by atoms with Crippen LogP contribution < -0.4 is 0 Å². The first-order valence-corrected chi connectivity index (χ1v) is 7.56. The van der Waals surface area contributed by atoms with E-state index < -0.39 is 26.3 Å². The van der Waals surface area contributed by atoms with Gasteiger partial charge in [-0.05, 0) is 12.2 Å². The minimum atomic E-state index is -1.45. The fraction of sp³-hybridized carbons (Fsp3) is 0.182. The van der Waals surface area contributed by atoms with E-state index in [4.69, 9.17) is 86.3 Å². The van der Waals surface area contributed by atoms with Crippen molar-refractivity contribution in [2.24, 2.45) is 0 Å². The molecule has 0 aromatic rings. The SMILES string of the molecule is O=C(O)C(Cl)=C(Cl)C(Cl)=C(Cl)C1(Cl)C=CC(Cl)=CC1Cl. The predicted molar refractivity (Wildman–Crippen MR) is 86.4 cm³/mol. The third kappa shape index (κ3) is 3.80. The van der Waals surface area contributed by atoms with E-state index in [-0.39, 0.29) is 10.1 Å². The van der Waals surface area contributed by atoms with Gasteiger partial charge in [0.25, 0.3) is 0 Å². The highest BCUT2D eigenvalue weighted by atomic mass is 35.5. The molecule has 0 heterocycles. The average Bonchev–Trinajstić information content (AvgIpc) is 2.39. The molecule has 2 atom stereocenters. The second-order valence-electron chi connectivity index (χ2n) is 3.62. The molecular weight excluding hydrogens is 412 g/mol. The molecule has 2 nitrogen and oxygen atoms in total. The van der Waals surface area contributed by atoms with Crippen LogP contribution in [-0.4, -0.2) is 21.3 Å². The summed E-state index contributed by atoms with van der Waals surface area (Å²) in [5, 5.41) is 6.72. The van der Waals surface area contributed by atoms with Gasteiger partial charge < -0.3 is 5.11 Å². The van der Waals surface area contributed by atoms with Crippen molar-refractivity contribution in [2.75, 3.05) is 0 Å². The highest BCUT2D eigenvalue weighted by Crippen LogP contribution is 2.45. The highest BCUT2D eigenvalue weighted by molar-refractivity contribution is 6.55. The highest BCUT2D eigenvalue weighted by Gasteiger charge is 2.40. The van der Waals surface area contributed by atoms with Gasteiger partial charge in [-0.15, -0.1) is 23.2 Å². The molecule has 1 aliphatic rings. The molecule has 2 unspecified atom stereocenters. The maximum Gasteiger partial charge on any atom is 0.348 e. The van der Waals surface area contributed by atoms with Crippen molar-refractivity contribution in [1.29, 1.82) is 0 Å². The van der Waals surface area contributed by atoms with Gasteiger partial charge in [-0.1, -0.05) is 64.1 Å². The van der Waals surface area contributed by atoms with E-state index in [1.54, 1.807) is 0 Å². The van der Waals surface area contributed by atoms with Crippen LogP contribution >= 0.6 is 81.2 Å². The molecule has 0 saturated heterocycles. The third-order valence-electron chi connectivity index (χ3n) is 2.29. The second-order valence-corrected chi connectivity index (χ2v) is 6.66. The second kappa shape index (κ2) is 7.15. The first-order valence-electron chi connectivity index (χ1n) is 4.85. The number of carbonyl (C=O) groups is 1. The van der Waals surface area contributed by atoms with Gasteiger partial charge in [0.1, 0.15) is 9.91 Å². The van der Waals surface area contributed by atoms with E-state index in [2.05, 4.69) is 0 Å². The van der Waals surface area contributed by atoms with Crippen LogP contribution in [0.5, 0.6) is 0 Å². The molecule has 0 aromatic heterocycles. The van der Waals surface area contributed by atoms with Crippen LogP contribution in [0.4, 0.5) is 0 Å². The van der Waals surface area contributed by atoms with Crippen LogP contribution in [0.3, 0.4) is 0 Å². The number of carboxylic acid groups (broad SMARTS) is 1. The van der Waals surface area contributed by atoms with Crippen LogP contribution in [0.1, 0.15) is 0 Å². The van der Waals surface area contributed by atoms with Crippen molar-refractivity contribution in [1.82, 2.24) is 0 Å². The van der Waals surface area contributed by atoms with Crippen molar-refractivity contribution in [2.45, 2.75) is 10.3 Å². The Morgan fingerprint density at radius 3 is 2.15 bits per heavy atom. The van der Waals surface area contributed by atoms with Crippen LogP contribution in [0.25, 0.3) is 0 Å². The topological polar surface area (TPSA) is 37.3 Å². The van der Waals surface area contributed by atoms with Crippen LogP contribution in [0.2, 0.25) is 0 Å². The van der Waals surface area contributed by atoms with Crippen LogP contribution in [-0.2, 0) is 4.79 Å². The lowest BCUT2D eigenvalue weighted by atomic mass is 9.98. The van der Waals surface area contributed by atoms with Gasteiger partial charge in [-0.25, -0.2) is 4.79 Å². The summed E-state index contributed by atoms with van der Waals surface area (Å²) in [6.07, 6.45) is 4.37. The van der Waals surface area contributed by atoms with Gasteiger partial charge in [-0.3, -0.25) is 0 Å². The van der Waals surface area contributed by atoms with Crippen LogP contribution in [0.15, 0.2) is 43.4 Å². The fourth-order valence-electron chi connectivity index (χ4n) is 1.26. The molecule has 0 fully saturated rings. The van der Waals surface area contributed by atoms with Crippen LogP contribution in [0, 0.1) is 0 Å². The Labute approximate surface area is 150 Å². The quantitative estimate of drug-likeness (QED) is 0.362. The van der Waals surface area contributed by atoms with Gasteiger partial charge in [0, 0.05) is 5.03 Å². The Bertz CT molecular complexity index is 561. The van der Waals surface area contributed by atoms with E-state index in [0.29, 0.717) is 5.03 Å².